The van der Waals surface area contributed by atoms with Crippen LogP contribution in [0.3, 0.4) is 0 Å². The summed E-state index contributed by atoms with van der Waals surface area (Å²) in [6, 6.07) is 5.70. The van der Waals surface area contributed by atoms with Crippen molar-refractivity contribution >= 4 is 29.3 Å². The van der Waals surface area contributed by atoms with Crippen LogP contribution < -0.4 is 16.0 Å². The molecule has 1 unspecified atom stereocenters. The lowest BCUT2D eigenvalue weighted by molar-refractivity contribution is -0.147. The lowest BCUT2D eigenvalue weighted by Gasteiger charge is -2.30. The summed E-state index contributed by atoms with van der Waals surface area (Å²) in [6.45, 7) is 4.75. The summed E-state index contributed by atoms with van der Waals surface area (Å²) in [5.74, 6) is -3.77. The van der Waals surface area contributed by atoms with Gasteiger partial charge in [-0.15, -0.1) is 0 Å². The summed E-state index contributed by atoms with van der Waals surface area (Å²) in [5, 5.41) is 17.2. The summed E-state index contributed by atoms with van der Waals surface area (Å²) in [5.41, 5.74) is -0.310. The maximum Gasteiger partial charge on any atom is 0.314 e. The van der Waals surface area contributed by atoms with E-state index in [1.807, 2.05) is 19.9 Å². The van der Waals surface area contributed by atoms with Gasteiger partial charge in [0.05, 0.1) is 11.8 Å². The number of para-hydroxylation sites is 1. The summed E-state index contributed by atoms with van der Waals surface area (Å²) >= 11 is 0. The second-order valence-corrected chi connectivity index (χ2v) is 9.49. The Labute approximate surface area is 190 Å². The first-order valence-electron chi connectivity index (χ1n) is 11.0. The number of fused-ring (bicyclic) bond motifs is 1. The zero-order valence-corrected chi connectivity index (χ0v) is 18.4. The van der Waals surface area contributed by atoms with E-state index in [1.165, 1.54) is 23.1 Å². The molecule has 10 heteroatoms. The van der Waals surface area contributed by atoms with Crippen molar-refractivity contribution in [3.63, 3.8) is 0 Å². The van der Waals surface area contributed by atoms with Crippen LogP contribution in [0.2, 0.25) is 0 Å². The summed E-state index contributed by atoms with van der Waals surface area (Å²) in [7, 11) is 0. The Balaban J connectivity index is 1.47. The number of likely N-dealkylation sites (tertiary alicyclic amines) is 1. The third-order valence-corrected chi connectivity index (χ3v) is 7.21. The van der Waals surface area contributed by atoms with E-state index >= 15 is 0 Å². The van der Waals surface area contributed by atoms with Gasteiger partial charge in [0.2, 0.25) is 11.8 Å². The standard InChI is InChI=1S/C23H26FN5O4/c1-23(2)14-11-29(22(33)21(32)28-16-6-4-3-5-15(16)24)18(17(14)23)20(31)27-13(10-25)9-12-7-8-26-19(12)30/h3-6,12-14,17-18H,7-9,11H2,1-2H3,(H,26,30)(H,27,31)(H,28,32)/t12-,13-,14-,17?,18-/m0/s1. The Morgan fingerprint density at radius 2 is 2.06 bits per heavy atom. The average molecular weight is 455 g/mol. The molecule has 1 aliphatic carbocycles. The minimum absolute atomic E-state index is 0.0413. The first-order chi connectivity index (χ1) is 15.6. The predicted molar refractivity (Wildman–Crippen MR) is 115 cm³/mol. The molecular formula is C23H26FN5O4. The van der Waals surface area contributed by atoms with Crippen molar-refractivity contribution in [3.05, 3.63) is 30.1 Å². The van der Waals surface area contributed by atoms with Crippen LogP contribution in [-0.2, 0) is 19.2 Å². The Bertz CT molecular complexity index is 1050. The molecule has 3 N–H and O–H groups in total. The number of benzene rings is 1. The van der Waals surface area contributed by atoms with E-state index < -0.39 is 35.6 Å². The Hall–Kier alpha value is -3.48. The van der Waals surface area contributed by atoms with Crippen LogP contribution in [-0.4, -0.2) is 53.7 Å². The first-order valence-corrected chi connectivity index (χ1v) is 11.0. The van der Waals surface area contributed by atoms with Crippen molar-refractivity contribution in [1.29, 1.82) is 5.26 Å². The molecule has 2 aliphatic heterocycles. The van der Waals surface area contributed by atoms with E-state index in [0.29, 0.717) is 13.0 Å². The second-order valence-electron chi connectivity index (χ2n) is 9.49. The summed E-state index contributed by atoms with van der Waals surface area (Å²) < 4.78 is 13.9. The normalized spacial score (nSPS) is 27.7. The van der Waals surface area contributed by atoms with Gasteiger partial charge >= 0.3 is 11.8 Å². The molecule has 5 atom stereocenters. The van der Waals surface area contributed by atoms with Crippen LogP contribution >= 0.6 is 0 Å². The van der Waals surface area contributed by atoms with Crippen LogP contribution in [0.1, 0.15) is 26.7 Å². The van der Waals surface area contributed by atoms with Gasteiger partial charge in [0, 0.05) is 19.0 Å². The zero-order chi connectivity index (χ0) is 23.9. The number of nitriles is 1. The van der Waals surface area contributed by atoms with E-state index in [-0.39, 0.29) is 47.7 Å². The number of amides is 4. The zero-order valence-electron chi connectivity index (χ0n) is 18.4. The van der Waals surface area contributed by atoms with Gasteiger partial charge in [-0.05, 0) is 42.2 Å². The number of piperidine rings is 1. The lowest BCUT2D eigenvalue weighted by Crippen LogP contribution is -2.54. The lowest BCUT2D eigenvalue weighted by atomic mass is 9.97. The number of hydrogen-bond donors (Lipinski definition) is 3. The van der Waals surface area contributed by atoms with E-state index in [0.717, 1.165) is 6.07 Å². The van der Waals surface area contributed by atoms with Crippen molar-refractivity contribution in [2.45, 2.75) is 38.8 Å². The molecular weight excluding hydrogens is 429 g/mol. The minimum atomic E-state index is -1.03. The number of hydrogen-bond acceptors (Lipinski definition) is 5. The van der Waals surface area contributed by atoms with Gasteiger partial charge in [0.25, 0.3) is 0 Å². The Morgan fingerprint density at radius 1 is 1.33 bits per heavy atom. The van der Waals surface area contributed by atoms with Gasteiger partial charge in [-0.1, -0.05) is 26.0 Å². The number of nitrogens with zero attached hydrogens (tertiary/aromatic N) is 2. The number of carbonyl (C=O) groups is 4. The molecule has 4 amide bonds. The van der Waals surface area contributed by atoms with Crippen LogP contribution in [0.5, 0.6) is 0 Å². The summed E-state index contributed by atoms with van der Waals surface area (Å²) in [6.07, 6.45) is 0.773. The molecule has 0 bridgehead atoms. The summed E-state index contributed by atoms with van der Waals surface area (Å²) in [4.78, 5) is 51.7. The maximum atomic E-state index is 13.9. The fourth-order valence-electron chi connectivity index (χ4n) is 5.22. The largest absolute Gasteiger partial charge is 0.356 e. The smallest absolute Gasteiger partial charge is 0.314 e. The first kappa shape index (κ1) is 22.7. The quantitative estimate of drug-likeness (QED) is 0.565. The van der Waals surface area contributed by atoms with Crippen LogP contribution in [0, 0.1) is 40.3 Å². The van der Waals surface area contributed by atoms with Gasteiger partial charge < -0.3 is 20.9 Å². The van der Waals surface area contributed by atoms with Crippen LogP contribution in [0.4, 0.5) is 10.1 Å². The molecule has 174 valence electrons. The molecule has 1 saturated carbocycles. The maximum absolute atomic E-state index is 13.9. The van der Waals surface area contributed by atoms with E-state index in [1.54, 1.807) is 0 Å². The van der Waals surface area contributed by atoms with E-state index in [4.69, 9.17) is 0 Å². The highest BCUT2D eigenvalue weighted by molar-refractivity contribution is 6.40. The molecule has 2 heterocycles. The van der Waals surface area contributed by atoms with Crippen molar-refractivity contribution in [2.75, 3.05) is 18.4 Å². The molecule has 3 aliphatic rings. The molecule has 9 nitrogen and oxygen atoms in total. The second kappa shape index (κ2) is 8.46. The molecule has 33 heavy (non-hydrogen) atoms. The fraction of sp³-hybridized carbons (Fsp3) is 0.522. The van der Waals surface area contributed by atoms with Crippen molar-refractivity contribution in [2.24, 2.45) is 23.2 Å². The monoisotopic (exact) mass is 455 g/mol. The molecule has 4 rings (SSSR count). The SMILES string of the molecule is CC1(C)C2[C@@H](C(=O)N[C@H](C#N)C[C@@H]3CCNC3=O)N(C(=O)C(=O)Nc3ccccc3F)C[C@@H]21. The number of anilines is 1. The van der Waals surface area contributed by atoms with Gasteiger partial charge in [0.15, 0.2) is 0 Å². The molecule has 1 aromatic carbocycles. The molecule has 0 radical (unpaired) electrons. The predicted octanol–water partition coefficient (Wildman–Crippen LogP) is 0.782. The number of carbonyl (C=O) groups excluding carboxylic acids is 4. The van der Waals surface area contributed by atoms with Gasteiger partial charge in [-0.25, -0.2) is 4.39 Å². The Morgan fingerprint density at radius 3 is 2.70 bits per heavy atom. The van der Waals surface area contributed by atoms with Gasteiger partial charge in [-0.2, -0.15) is 5.26 Å². The average Bonchev–Trinajstić information content (AvgIpc) is 3.13. The molecule has 3 fully saturated rings. The van der Waals surface area contributed by atoms with E-state index in [9.17, 15) is 28.8 Å². The third kappa shape index (κ3) is 4.15. The topological polar surface area (TPSA) is 131 Å². The van der Waals surface area contributed by atoms with Crippen molar-refractivity contribution in [3.8, 4) is 6.07 Å². The highest BCUT2D eigenvalue weighted by atomic mass is 19.1. The highest BCUT2D eigenvalue weighted by Crippen LogP contribution is 2.64. The Kier molecular flexibility index (Phi) is 5.82. The van der Waals surface area contributed by atoms with E-state index in [2.05, 4.69) is 16.0 Å². The number of halogens is 1. The van der Waals surface area contributed by atoms with Gasteiger partial charge in [0.1, 0.15) is 17.9 Å². The number of rotatable bonds is 5. The van der Waals surface area contributed by atoms with Crippen LogP contribution in [0.25, 0.3) is 0 Å². The third-order valence-electron chi connectivity index (χ3n) is 7.21. The number of nitrogens with one attached hydrogen (secondary N) is 3. The molecule has 1 aromatic rings. The molecule has 0 spiro atoms. The molecule has 2 saturated heterocycles. The minimum Gasteiger partial charge on any atom is -0.356 e. The molecule has 0 aromatic heterocycles. The van der Waals surface area contributed by atoms with Crippen LogP contribution in [0.15, 0.2) is 24.3 Å². The van der Waals surface area contributed by atoms with Gasteiger partial charge in [-0.3, -0.25) is 19.2 Å². The van der Waals surface area contributed by atoms with Crippen molar-refractivity contribution in [1.82, 2.24) is 15.5 Å². The van der Waals surface area contributed by atoms with Crippen molar-refractivity contribution < 1.29 is 23.6 Å². The highest BCUT2D eigenvalue weighted by Gasteiger charge is 2.69. The fourth-order valence-corrected chi connectivity index (χ4v) is 5.22.